The third kappa shape index (κ3) is 2.57. The molecule has 0 aliphatic carbocycles. The van der Waals surface area contributed by atoms with Crippen LogP contribution in [0.4, 0.5) is 10.3 Å². The first-order valence-corrected chi connectivity index (χ1v) is 6.96. The van der Waals surface area contributed by atoms with E-state index in [9.17, 15) is 4.39 Å². The number of fused-ring (bicyclic) bond motifs is 1. The standard InChI is InChI=1S/C13H12FN5S/c1-2-15-13-18-11-10(16-7-17-11)12(19-13)20-9-5-3-8(14)4-6-9/h3-7H,2H2,1H3,(H2,15,16,17,18,19). The van der Waals surface area contributed by atoms with E-state index in [1.54, 1.807) is 18.5 Å². The molecular weight excluding hydrogens is 277 g/mol. The van der Waals surface area contributed by atoms with Crippen LogP contribution in [0.2, 0.25) is 0 Å². The van der Waals surface area contributed by atoms with Crippen molar-refractivity contribution in [3.05, 3.63) is 36.4 Å². The molecule has 2 N–H and O–H groups in total. The second-order valence-electron chi connectivity index (χ2n) is 4.04. The number of nitrogens with one attached hydrogen (secondary N) is 2. The molecule has 2 heterocycles. The Labute approximate surface area is 119 Å². The van der Waals surface area contributed by atoms with E-state index in [2.05, 4.69) is 25.3 Å². The lowest BCUT2D eigenvalue weighted by atomic mass is 10.4. The van der Waals surface area contributed by atoms with Gasteiger partial charge in [-0.25, -0.2) is 14.4 Å². The van der Waals surface area contributed by atoms with E-state index >= 15 is 0 Å². The van der Waals surface area contributed by atoms with Crippen molar-refractivity contribution in [1.29, 1.82) is 0 Å². The van der Waals surface area contributed by atoms with Gasteiger partial charge in [0.05, 0.1) is 6.33 Å². The SMILES string of the molecule is CCNc1nc(Sc2ccc(F)cc2)c2[nH]cnc2n1. The number of hydrogen-bond acceptors (Lipinski definition) is 5. The van der Waals surface area contributed by atoms with E-state index in [0.717, 1.165) is 22.0 Å². The minimum Gasteiger partial charge on any atom is -0.354 e. The second kappa shape index (κ2) is 5.46. The van der Waals surface area contributed by atoms with Crippen LogP contribution in [-0.4, -0.2) is 26.5 Å². The summed E-state index contributed by atoms with van der Waals surface area (Å²) in [5.41, 5.74) is 1.39. The van der Waals surface area contributed by atoms with Gasteiger partial charge in [0, 0.05) is 11.4 Å². The van der Waals surface area contributed by atoms with Crippen molar-refractivity contribution < 1.29 is 4.39 Å². The number of aromatic amines is 1. The topological polar surface area (TPSA) is 66.5 Å². The normalized spacial score (nSPS) is 10.9. The molecule has 7 heteroatoms. The predicted molar refractivity (Wildman–Crippen MR) is 76.4 cm³/mol. The van der Waals surface area contributed by atoms with Gasteiger partial charge in [0.2, 0.25) is 5.95 Å². The molecule has 1 aromatic carbocycles. The molecule has 0 aliphatic heterocycles. The quantitative estimate of drug-likeness (QED) is 0.723. The van der Waals surface area contributed by atoms with E-state index in [0.29, 0.717) is 11.6 Å². The molecule has 0 amide bonds. The monoisotopic (exact) mass is 289 g/mol. The Balaban J connectivity index is 2.00. The summed E-state index contributed by atoms with van der Waals surface area (Å²) in [7, 11) is 0. The van der Waals surface area contributed by atoms with Gasteiger partial charge in [-0.05, 0) is 31.2 Å². The molecule has 0 spiro atoms. The van der Waals surface area contributed by atoms with E-state index in [1.807, 2.05) is 6.92 Å². The zero-order chi connectivity index (χ0) is 13.9. The first-order chi connectivity index (χ1) is 9.76. The molecule has 3 rings (SSSR count). The number of H-pyrrole nitrogens is 1. The Morgan fingerprint density at radius 3 is 2.80 bits per heavy atom. The molecule has 5 nitrogen and oxygen atoms in total. The lowest BCUT2D eigenvalue weighted by molar-refractivity contribution is 0.626. The van der Waals surface area contributed by atoms with Crippen LogP contribution in [0, 0.1) is 5.82 Å². The number of anilines is 1. The highest BCUT2D eigenvalue weighted by atomic mass is 32.2. The molecule has 0 atom stereocenters. The summed E-state index contributed by atoms with van der Waals surface area (Å²) in [5, 5.41) is 3.83. The van der Waals surface area contributed by atoms with E-state index in [-0.39, 0.29) is 5.82 Å². The van der Waals surface area contributed by atoms with Crippen LogP contribution in [0.1, 0.15) is 6.92 Å². The Kier molecular flexibility index (Phi) is 3.51. The van der Waals surface area contributed by atoms with Crippen molar-refractivity contribution in [2.75, 3.05) is 11.9 Å². The third-order valence-electron chi connectivity index (χ3n) is 2.62. The molecular formula is C13H12FN5S. The summed E-state index contributed by atoms with van der Waals surface area (Å²) in [4.78, 5) is 16.9. The van der Waals surface area contributed by atoms with E-state index in [1.165, 1.54) is 23.9 Å². The summed E-state index contributed by atoms with van der Waals surface area (Å²) in [6, 6.07) is 6.30. The van der Waals surface area contributed by atoms with Crippen LogP contribution in [0.3, 0.4) is 0 Å². The first-order valence-electron chi connectivity index (χ1n) is 6.14. The van der Waals surface area contributed by atoms with Crippen LogP contribution >= 0.6 is 11.8 Å². The van der Waals surface area contributed by atoms with Crippen LogP contribution in [0.25, 0.3) is 11.2 Å². The van der Waals surface area contributed by atoms with Gasteiger partial charge in [0.15, 0.2) is 5.65 Å². The number of nitrogens with zero attached hydrogens (tertiary/aromatic N) is 3. The molecule has 0 radical (unpaired) electrons. The number of hydrogen-bond donors (Lipinski definition) is 2. The molecule has 0 aliphatic rings. The first kappa shape index (κ1) is 12.9. The van der Waals surface area contributed by atoms with Gasteiger partial charge in [0.1, 0.15) is 16.4 Å². The van der Waals surface area contributed by atoms with Gasteiger partial charge in [0.25, 0.3) is 0 Å². The molecule has 2 aromatic heterocycles. The van der Waals surface area contributed by atoms with Gasteiger partial charge in [-0.2, -0.15) is 4.98 Å². The maximum atomic E-state index is 12.9. The summed E-state index contributed by atoms with van der Waals surface area (Å²) in [5.74, 6) is 0.286. The zero-order valence-corrected chi connectivity index (χ0v) is 11.5. The fourth-order valence-electron chi connectivity index (χ4n) is 1.73. The molecule has 0 fully saturated rings. The maximum Gasteiger partial charge on any atom is 0.225 e. The van der Waals surface area contributed by atoms with Gasteiger partial charge in [-0.15, -0.1) is 0 Å². The minimum absolute atomic E-state index is 0.253. The Morgan fingerprint density at radius 2 is 2.05 bits per heavy atom. The van der Waals surface area contributed by atoms with Crippen LogP contribution in [-0.2, 0) is 0 Å². The van der Waals surface area contributed by atoms with Crippen molar-refractivity contribution in [1.82, 2.24) is 19.9 Å². The number of halogens is 1. The van der Waals surface area contributed by atoms with Crippen LogP contribution in [0.15, 0.2) is 40.5 Å². The predicted octanol–water partition coefficient (Wildman–Crippen LogP) is 3.08. The highest BCUT2D eigenvalue weighted by molar-refractivity contribution is 7.99. The summed E-state index contributed by atoms with van der Waals surface area (Å²) >= 11 is 1.44. The zero-order valence-electron chi connectivity index (χ0n) is 10.7. The van der Waals surface area contributed by atoms with Crippen molar-refractivity contribution in [2.24, 2.45) is 0 Å². The molecule has 0 unspecified atom stereocenters. The molecule has 102 valence electrons. The average Bonchev–Trinajstić information content (AvgIpc) is 2.90. The largest absolute Gasteiger partial charge is 0.354 e. The minimum atomic E-state index is -0.253. The number of benzene rings is 1. The third-order valence-corrected chi connectivity index (χ3v) is 3.61. The summed E-state index contributed by atoms with van der Waals surface area (Å²) < 4.78 is 12.9. The number of aromatic nitrogens is 4. The van der Waals surface area contributed by atoms with Crippen molar-refractivity contribution in [3.63, 3.8) is 0 Å². The summed E-state index contributed by atoms with van der Waals surface area (Å²) in [6.07, 6.45) is 1.59. The highest BCUT2D eigenvalue weighted by Gasteiger charge is 2.11. The lowest BCUT2D eigenvalue weighted by Gasteiger charge is -2.05. The smallest absolute Gasteiger partial charge is 0.225 e. The van der Waals surface area contributed by atoms with Crippen LogP contribution in [0.5, 0.6) is 0 Å². The van der Waals surface area contributed by atoms with Crippen LogP contribution < -0.4 is 5.32 Å². The molecule has 3 aromatic rings. The fourth-order valence-corrected chi connectivity index (χ4v) is 2.61. The van der Waals surface area contributed by atoms with Crippen molar-refractivity contribution in [3.8, 4) is 0 Å². The Hall–Kier alpha value is -2.15. The molecule has 20 heavy (non-hydrogen) atoms. The highest BCUT2D eigenvalue weighted by Crippen LogP contribution is 2.30. The van der Waals surface area contributed by atoms with E-state index < -0.39 is 0 Å². The Bertz CT molecular complexity index is 725. The average molecular weight is 289 g/mol. The van der Waals surface area contributed by atoms with Gasteiger partial charge < -0.3 is 10.3 Å². The Morgan fingerprint density at radius 1 is 1.25 bits per heavy atom. The lowest BCUT2D eigenvalue weighted by Crippen LogP contribution is -2.03. The maximum absolute atomic E-state index is 12.9. The fraction of sp³-hybridized carbons (Fsp3) is 0.154. The number of rotatable bonds is 4. The van der Waals surface area contributed by atoms with Gasteiger partial charge in [-0.3, -0.25) is 0 Å². The molecule has 0 saturated heterocycles. The molecule has 0 bridgehead atoms. The second-order valence-corrected chi connectivity index (χ2v) is 5.10. The van der Waals surface area contributed by atoms with Crippen molar-refractivity contribution in [2.45, 2.75) is 16.8 Å². The van der Waals surface area contributed by atoms with Gasteiger partial charge in [-0.1, -0.05) is 11.8 Å². The van der Waals surface area contributed by atoms with Crippen molar-refractivity contribution >= 4 is 28.9 Å². The number of imidazole rings is 1. The van der Waals surface area contributed by atoms with Gasteiger partial charge >= 0.3 is 0 Å². The summed E-state index contributed by atoms with van der Waals surface area (Å²) in [6.45, 7) is 2.71. The molecule has 0 saturated carbocycles. The van der Waals surface area contributed by atoms with E-state index in [4.69, 9.17) is 0 Å².